The van der Waals surface area contributed by atoms with Gasteiger partial charge in [0.25, 0.3) is 5.91 Å². The van der Waals surface area contributed by atoms with Gasteiger partial charge in [0.2, 0.25) is 5.91 Å². The highest BCUT2D eigenvalue weighted by Gasteiger charge is 2.30. The lowest BCUT2D eigenvalue weighted by molar-refractivity contribution is -0.139. The molecule has 194 valence electrons. The Labute approximate surface area is 218 Å². The Balaban J connectivity index is 1.97. The second kappa shape index (κ2) is 13.5. The van der Waals surface area contributed by atoms with Crippen molar-refractivity contribution >= 4 is 29.5 Å². The van der Waals surface area contributed by atoms with Gasteiger partial charge in [-0.3, -0.25) is 9.59 Å². The monoisotopic (exact) mass is 510 g/mol. The molecule has 2 amide bonds. The maximum Gasteiger partial charge on any atom is 0.326 e. The summed E-state index contributed by atoms with van der Waals surface area (Å²) in [6.45, 7) is 2.00. The van der Waals surface area contributed by atoms with Crippen LogP contribution in [0.1, 0.15) is 60.0 Å². The van der Waals surface area contributed by atoms with Crippen LogP contribution in [0.2, 0.25) is 0 Å². The normalized spacial score (nSPS) is 15.6. The highest BCUT2D eigenvalue weighted by atomic mass is 32.2. The summed E-state index contributed by atoms with van der Waals surface area (Å²) >= 11 is 1.55. The summed E-state index contributed by atoms with van der Waals surface area (Å²) < 4.78 is 0. The van der Waals surface area contributed by atoms with E-state index < -0.39 is 17.9 Å². The SMILES string of the molecule is CNC(=O)C(Cc1ccc(C(=O)N[C@@H](CCSC)C(=O)O)c(-c2ccccc2C)c1)C1CCCCC1. The third-order valence-corrected chi connectivity index (χ3v) is 7.88. The summed E-state index contributed by atoms with van der Waals surface area (Å²) in [5.74, 6) is -0.475. The summed E-state index contributed by atoms with van der Waals surface area (Å²) in [6, 6.07) is 12.6. The summed E-state index contributed by atoms with van der Waals surface area (Å²) in [5, 5.41) is 15.2. The molecular weight excluding hydrogens is 472 g/mol. The van der Waals surface area contributed by atoms with Crippen LogP contribution in [0.15, 0.2) is 42.5 Å². The maximum absolute atomic E-state index is 13.3. The number of amides is 2. The zero-order chi connectivity index (χ0) is 26.1. The molecule has 0 saturated heterocycles. The first kappa shape index (κ1) is 27.8. The predicted molar refractivity (Wildman–Crippen MR) is 146 cm³/mol. The Morgan fingerprint density at radius 2 is 1.78 bits per heavy atom. The molecule has 0 bridgehead atoms. The number of carboxylic acid groups (broad SMARTS) is 1. The van der Waals surface area contributed by atoms with Gasteiger partial charge in [0.05, 0.1) is 0 Å². The zero-order valence-electron chi connectivity index (χ0n) is 21.5. The van der Waals surface area contributed by atoms with Gasteiger partial charge in [-0.25, -0.2) is 4.79 Å². The lowest BCUT2D eigenvalue weighted by Gasteiger charge is -2.29. The van der Waals surface area contributed by atoms with Gasteiger partial charge in [-0.1, -0.05) is 55.7 Å². The van der Waals surface area contributed by atoms with Crippen LogP contribution in [0, 0.1) is 18.8 Å². The number of benzene rings is 2. The minimum absolute atomic E-state index is 0.0688. The molecule has 0 radical (unpaired) electrons. The molecule has 36 heavy (non-hydrogen) atoms. The third kappa shape index (κ3) is 7.12. The number of carboxylic acids is 1. The Kier molecular flexibility index (Phi) is 10.4. The fourth-order valence-electron chi connectivity index (χ4n) is 5.19. The van der Waals surface area contributed by atoms with Gasteiger partial charge in [-0.2, -0.15) is 11.8 Å². The molecule has 0 spiro atoms. The fourth-order valence-corrected chi connectivity index (χ4v) is 5.66. The standard InChI is InChI=1S/C29H38N2O4S/c1-19-9-7-8-12-22(19)25-18-20(17-24(27(32)30-2)21-10-5-4-6-11-21)13-14-23(25)28(33)31-26(29(34)35)15-16-36-3/h7-9,12-14,18,21,24,26H,4-6,10-11,15-17H2,1-3H3,(H,30,32)(H,31,33)(H,34,35)/t24?,26-/m0/s1. The molecule has 1 aliphatic carbocycles. The van der Waals surface area contributed by atoms with Crippen LogP contribution in [0.25, 0.3) is 11.1 Å². The molecule has 1 unspecified atom stereocenters. The predicted octanol–water partition coefficient (Wildman–Crippen LogP) is 5.08. The first-order valence-electron chi connectivity index (χ1n) is 12.8. The van der Waals surface area contributed by atoms with Gasteiger partial charge in [0, 0.05) is 18.5 Å². The van der Waals surface area contributed by atoms with Crippen LogP contribution >= 0.6 is 11.8 Å². The van der Waals surface area contributed by atoms with Crippen LogP contribution in [0.4, 0.5) is 0 Å². The molecule has 3 N–H and O–H groups in total. The Hall–Kier alpha value is -2.80. The quantitative estimate of drug-likeness (QED) is 0.392. The van der Waals surface area contributed by atoms with Crippen molar-refractivity contribution in [2.75, 3.05) is 19.1 Å². The minimum Gasteiger partial charge on any atom is -0.480 e. The topological polar surface area (TPSA) is 95.5 Å². The summed E-state index contributed by atoms with van der Waals surface area (Å²) in [7, 11) is 1.69. The number of nitrogens with one attached hydrogen (secondary N) is 2. The largest absolute Gasteiger partial charge is 0.480 e. The van der Waals surface area contributed by atoms with Crippen LogP contribution in [0.3, 0.4) is 0 Å². The first-order chi connectivity index (χ1) is 17.3. The van der Waals surface area contributed by atoms with E-state index in [0.717, 1.165) is 47.9 Å². The first-order valence-corrected chi connectivity index (χ1v) is 14.2. The smallest absolute Gasteiger partial charge is 0.326 e. The van der Waals surface area contributed by atoms with E-state index in [-0.39, 0.29) is 11.8 Å². The molecule has 0 aromatic heterocycles. The number of thioether (sulfide) groups is 1. The Morgan fingerprint density at radius 3 is 2.42 bits per heavy atom. The number of carbonyl (C=O) groups excluding carboxylic acids is 2. The molecule has 6 nitrogen and oxygen atoms in total. The molecule has 0 aliphatic heterocycles. The number of carbonyl (C=O) groups is 3. The van der Waals surface area contributed by atoms with Crippen molar-refractivity contribution in [2.24, 2.45) is 11.8 Å². The van der Waals surface area contributed by atoms with Gasteiger partial charge in [0.15, 0.2) is 0 Å². The van der Waals surface area contributed by atoms with Crippen molar-refractivity contribution in [3.05, 3.63) is 59.2 Å². The van der Waals surface area contributed by atoms with Crippen molar-refractivity contribution in [2.45, 2.75) is 57.9 Å². The number of hydrogen-bond acceptors (Lipinski definition) is 4. The molecule has 2 atom stereocenters. The number of aliphatic carboxylic acids is 1. The fraction of sp³-hybridized carbons (Fsp3) is 0.483. The summed E-state index contributed by atoms with van der Waals surface area (Å²) in [5.41, 5.74) is 4.15. The van der Waals surface area contributed by atoms with E-state index in [2.05, 4.69) is 10.6 Å². The maximum atomic E-state index is 13.3. The van der Waals surface area contributed by atoms with E-state index in [1.54, 1.807) is 24.9 Å². The second-order valence-electron chi connectivity index (χ2n) is 9.66. The van der Waals surface area contributed by atoms with Crippen molar-refractivity contribution < 1.29 is 19.5 Å². The van der Waals surface area contributed by atoms with Gasteiger partial charge in [-0.15, -0.1) is 0 Å². The molecule has 3 rings (SSSR count). The van der Waals surface area contributed by atoms with Gasteiger partial charge in [0.1, 0.15) is 6.04 Å². The molecule has 2 aromatic rings. The molecular formula is C29H38N2O4S. The highest BCUT2D eigenvalue weighted by Crippen LogP contribution is 2.34. The van der Waals surface area contributed by atoms with E-state index >= 15 is 0 Å². The highest BCUT2D eigenvalue weighted by molar-refractivity contribution is 7.98. The number of rotatable bonds is 11. The van der Waals surface area contributed by atoms with E-state index in [4.69, 9.17) is 0 Å². The van der Waals surface area contributed by atoms with Crippen molar-refractivity contribution in [1.29, 1.82) is 0 Å². The molecule has 7 heteroatoms. The average Bonchev–Trinajstić information content (AvgIpc) is 2.89. The zero-order valence-corrected chi connectivity index (χ0v) is 22.3. The van der Waals surface area contributed by atoms with E-state index in [9.17, 15) is 19.5 Å². The van der Waals surface area contributed by atoms with Crippen molar-refractivity contribution in [1.82, 2.24) is 10.6 Å². The van der Waals surface area contributed by atoms with Gasteiger partial charge >= 0.3 is 5.97 Å². The average molecular weight is 511 g/mol. The Morgan fingerprint density at radius 1 is 1.06 bits per heavy atom. The van der Waals surface area contributed by atoms with E-state index in [0.29, 0.717) is 30.1 Å². The molecule has 2 aromatic carbocycles. The number of hydrogen-bond donors (Lipinski definition) is 3. The lowest BCUT2D eigenvalue weighted by atomic mass is 9.76. The van der Waals surface area contributed by atoms with Gasteiger partial charge < -0.3 is 15.7 Å². The van der Waals surface area contributed by atoms with Crippen LogP contribution in [-0.4, -0.2) is 48.0 Å². The van der Waals surface area contributed by atoms with Crippen LogP contribution < -0.4 is 10.6 Å². The summed E-state index contributed by atoms with van der Waals surface area (Å²) in [4.78, 5) is 37.9. The molecule has 1 saturated carbocycles. The molecule has 1 fully saturated rings. The third-order valence-electron chi connectivity index (χ3n) is 7.24. The van der Waals surface area contributed by atoms with Crippen molar-refractivity contribution in [3.63, 3.8) is 0 Å². The molecule has 1 aliphatic rings. The van der Waals surface area contributed by atoms with Crippen LogP contribution in [0.5, 0.6) is 0 Å². The van der Waals surface area contributed by atoms with Crippen LogP contribution in [-0.2, 0) is 16.0 Å². The van der Waals surface area contributed by atoms with E-state index in [1.165, 1.54) is 6.42 Å². The summed E-state index contributed by atoms with van der Waals surface area (Å²) in [6.07, 6.45) is 8.55. The molecule has 0 heterocycles. The second-order valence-corrected chi connectivity index (χ2v) is 10.6. The Bertz CT molecular complexity index is 1060. The van der Waals surface area contributed by atoms with E-state index in [1.807, 2.05) is 49.6 Å². The number of aryl methyl sites for hydroxylation is 1. The lowest BCUT2D eigenvalue weighted by Crippen LogP contribution is -2.41. The minimum atomic E-state index is -1.03. The van der Waals surface area contributed by atoms with Gasteiger partial charge in [-0.05, 0) is 78.9 Å². The van der Waals surface area contributed by atoms with Crippen molar-refractivity contribution in [3.8, 4) is 11.1 Å².